The summed E-state index contributed by atoms with van der Waals surface area (Å²) in [5.74, 6) is -1.20. The monoisotopic (exact) mass is 434 g/mol. The number of rotatable bonds is 4. The van der Waals surface area contributed by atoms with E-state index >= 15 is 0 Å². The van der Waals surface area contributed by atoms with Crippen LogP contribution in [0.2, 0.25) is 5.02 Å². The Bertz CT molecular complexity index is 1010. The normalized spacial score (nSPS) is 12.2. The number of fused-ring (bicyclic) bond motifs is 1. The van der Waals surface area contributed by atoms with Crippen molar-refractivity contribution in [1.29, 1.82) is 0 Å². The number of carboxylic acid groups (broad SMARTS) is 1. The van der Waals surface area contributed by atoms with E-state index in [2.05, 4.69) is 21.2 Å². The molecule has 3 rings (SSSR count). The highest BCUT2D eigenvalue weighted by Gasteiger charge is 2.17. The molecule has 2 N–H and O–H groups in total. The van der Waals surface area contributed by atoms with Crippen molar-refractivity contribution in [1.82, 2.24) is 9.88 Å². The SMILES string of the molecule is C[C@@H](NC(=O)c1cc2cc(Cl)c(Br)cc2n1C)c1ccc(C(=O)O)cc1. The standard InChI is InChI=1S/C19H16BrClN2O3/c1-10(11-3-5-12(6-4-11)19(25)26)22-18(24)17-8-13-7-15(21)14(20)9-16(13)23(17)2/h3-10H,1-2H3,(H,22,24)(H,25,26)/t10-/m1/s1. The predicted octanol–water partition coefficient (Wildman–Crippen LogP) is 4.78. The highest BCUT2D eigenvalue weighted by molar-refractivity contribution is 9.10. The number of carboxylic acids is 1. The molecule has 0 aliphatic heterocycles. The second-order valence-corrected chi connectivity index (χ2v) is 7.30. The van der Waals surface area contributed by atoms with Crippen molar-refractivity contribution >= 4 is 50.3 Å². The van der Waals surface area contributed by atoms with Crippen molar-refractivity contribution in [2.45, 2.75) is 13.0 Å². The molecule has 1 aromatic heterocycles. The van der Waals surface area contributed by atoms with Crippen molar-refractivity contribution in [3.8, 4) is 0 Å². The fourth-order valence-corrected chi connectivity index (χ4v) is 3.32. The third kappa shape index (κ3) is 3.48. The summed E-state index contributed by atoms with van der Waals surface area (Å²) in [5, 5.41) is 13.4. The summed E-state index contributed by atoms with van der Waals surface area (Å²) in [7, 11) is 1.82. The highest BCUT2D eigenvalue weighted by atomic mass is 79.9. The number of carbonyl (C=O) groups excluding carboxylic acids is 1. The van der Waals surface area contributed by atoms with Gasteiger partial charge in [-0.05, 0) is 58.7 Å². The van der Waals surface area contributed by atoms with Crippen LogP contribution in [0.5, 0.6) is 0 Å². The van der Waals surface area contributed by atoms with E-state index in [1.807, 2.05) is 30.7 Å². The van der Waals surface area contributed by atoms with Gasteiger partial charge in [-0.25, -0.2) is 4.79 Å². The molecule has 5 nitrogen and oxygen atoms in total. The Labute approximate surface area is 163 Å². The summed E-state index contributed by atoms with van der Waals surface area (Å²) in [5.41, 5.74) is 2.45. The minimum atomic E-state index is -0.978. The number of aromatic carboxylic acids is 1. The lowest BCUT2D eigenvalue weighted by atomic mass is 10.1. The molecule has 0 saturated carbocycles. The molecule has 0 saturated heterocycles. The number of hydrogen-bond donors (Lipinski definition) is 2. The molecule has 0 radical (unpaired) electrons. The number of carbonyl (C=O) groups is 2. The number of aryl methyl sites for hydroxylation is 1. The van der Waals surface area contributed by atoms with E-state index < -0.39 is 5.97 Å². The number of nitrogens with one attached hydrogen (secondary N) is 1. The summed E-state index contributed by atoms with van der Waals surface area (Å²) in [6.45, 7) is 1.85. The van der Waals surface area contributed by atoms with Crippen molar-refractivity contribution in [2.75, 3.05) is 0 Å². The number of amides is 1. The number of halogens is 2. The third-order valence-electron chi connectivity index (χ3n) is 4.32. The quantitative estimate of drug-likeness (QED) is 0.619. The van der Waals surface area contributed by atoms with Gasteiger partial charge in [0.05, 0.1) is 16.6 Å². The van der Waals surface area contributed by atoms with Crippen LogP contribution in [0.15, 0.2) is 46.9 Å². The zero-order chi connectivity index (χ0) is 19.0. The summed E-state index contributed by atoms with van der Waals surface area (Å²) in [4.78, 5) is 23.6. The molecule has 1 amide bonds. The Kier molecular flexibility index (Phi) is 5.07. The second-order valence-electron chi connectivity index (χ2n) is 6.04. The molecule has 1 heterocycles. The van der Waals surface area contributed by atoms with Crippen LogP contribution in [0.25, 0.3) is 10.9 Å². The molecule has 0 spiro atoms. The predicted molar refractivity (Wildman–Crippen MR) is 105 cm³/mol. The summed E-state index contributed by atoms with van der Waals surface area (Å²) in [6, 6.07) is 11.7. The Morgan fingerprint density at radius 3 is 2.46 bits per heavy atom. The molecule has 7 heteroatoms. The van der Waals surface area contributed by atoms with E-state index in [-0.39, 0.29) is 17.5 Å². The average Bonchev–Trinajstić information content (AvgIpc) is 2.91. The Morgan fingerprint density at radius 1 is 1.19 bits per heavy atom. The van der Waals surface area contributed by atoms with Crippen LogP contribution in [0.1, 0.15) is 39.4 Å². The van der Waals surface area contributed by atoms with Gasteiger partial charge in [0.15, 0.2) is 0 Å². The smallest absolute Gasteiger partial charge is 0.335 e. The first-order valence-corrected chi connectivity index (χ1v) is 9.03. The lowest BCUT2D eigenvalue weighted by Gasteiger charge is -2.15. The van der Waals surface area contributed by atoms with Crippen LogP contribution in [0.3, 0.4) is 0 Å². The fraction of sp³-hybridized carbons (Fsp3) is 0.158. The summed E-state index contributed by atoms with van der Waals surface area (Å²) >= 11 is 9.53. The van der Waals surface area contributed by atoms with Crippen LogP contribution < -0.4 is 5.32 Å². The minimum absolute atomic E-state index is 0.211. The Hall–Kier alpha value is -2.31. The molecule has 134 valence electrons. The molecule has 0 fully saturated rings. The van der Waals surface area contributed by atoms with Crippen LogP contribution >= 0.6 is 27.5 Å². The third-order valence-corrected chi connectivity index (χ3v) is 5.52. The molecule has 0 aliphatic carbocycles. The zero-order valence-electron chi connectivity index (χ0n) is 14.1. The van der Waals surface area contributed by atoms with E-state index in [1.54, 1.807) is 18.2 Å². The van der Waals surface area contributed by atoms with Crippen molar-refractivity contribution < 1.29 is 14.7 Å². The van der Waals surface area contributed by atoms with Gasteiger partial charge in [0.2, 0.25) is 0 Å². The maximum atomic E-state index is 12.7. The molecular weight excluding hydrogens is 420 g/mol. The van der Waals surface area contributed by atoms with Crippen molar-refractivity contribution in [3.63, 3.8) is 0 Å². The molecule has 0 aliphatic rings. The number of nitrogens with zero attached hydrogens (tertiary/aromatic N) is 1. The highest BCUT2D eigenvalue weighted by Crippen LogP contribution is 2.30. The molecule has 0 unspecified atom stereocenters. The minimum Gasteiger partial charge on any atom is -0.478 e. The molecule has 3 aromatic rings. The lowest BCUT2D eigenvalue weighted by molar-refractivity contribution is 0.0696. The van der Waals surface area contributed by atoms with Gasteiger partial charge >= 0.3 is 5.97 Å². The fourth-order valence-electron chi connectivity index (χ4n) is 2.82. The number of benzene rings is 2. The molecule has 2 aromatic carbocycles. The number of aromatic nitrogens is 1. The summed E-state index contributed by atoms with van der Waals surface area (Å²) in [6.07, 6.45) is 0. The Balaban J connectivity index is 1.84. The summed E-state index contributed by atoms with van der Waals surface area (Å²) < 4.78 is 2.58. The van der Waals surface area contributed by atoms with Gasteiger partial charge in [-0.15, -0.1) is 0 Å². The van der Waals surface area contributed by atoms with Crippen LogP contribution in [0.4, 0.5) is 0 Å². The Morgan fingerprint density at radius 2 is 1.85 bits per heavy atom. The van der Waals surface area contributed by atoms with Crippen molar-refractivity contribution in [3.05, 3.63) is 68.8 Å². The van der Waals surface area contributed by atoms with E-state index in [4.69, 9.17) is 16.7 Å². The number of hydrogen-bond acceptors (Lipinski definition) is 2. The van der Waals surface area contributed by atoms with Gasteiger partial charge < -0.3 is 15.0 Å². The first-order valence-electron chi connectivity index (χ1n) is 7.86. The molecule has 0 bridgehead atoms. The molecule has 1 atom stereocenters. The van der Waals surface area contributed by atoms with Gasteiger partial charge in [-0.3, -0.25) is 4.79 Å². The van der Waals surface area contributed by atoms with E-state index in [9.17, 15) is 9.59 Å². The van der Waals surface area contributed by atoms with E-state index in [0.717, 1.165) is 20.9 Å². The molecular formula is C19H16BrClN2O3. The van der Waals surface area contributed by atoms with Crippen LogP contribution in [-0.2, 0) is 7.05 Å². The van der Waals surface area contributed by atoms with Gasteiger partial charge in [0.1, 0.15) is 5.69 Å². The average molecular weight is 436 g/mol. The largest absolute Gasteiger partial charge is 0.478 e. The first kappa shape index (κ1) is 18.5. The van der Waals surface area contributed by atoms with Gasteiger partial charge in [0, 0.05) is 22.4 Å². The van der Waals surface area contributed by atoms with Gasteiger partial charge in [-0.2, -0.15) is 0 Å². The van der Waals surface area contributed by atoms with Gasteiger partial charge in [-0.1, -0.05) is 23.7 Å². The van der Waals surface area contributed by atoms with E-state index in [1.165, 1.54) is 12.1 Å². The van der Waals surface area contributed by atoms with Gasteiger partial charge in [0.25, 0.3) is 5.91 Å². The topological polar surface area (TPSA) is 71.3 Å². The maximum Gasteiger partial charge on any atom is 0.335 e. The molecule has 26 heavy (non-hydrogen) atoms. The zero-order valence-corrected chi connectivity index (χ0v) is 16.4. The van der Waals surface area contributed by atoms with Crippen LogP contribution in [0, 0.1) is 0 Å². The second kappa shape index (κ2) is 7.13. The van der Waals surface area contributed by atoms with Crippen molar-refractivity contribution in [2.24, 2.45) is 7.05 Å². The van der Waals surface area contributed by atoms with E-state index in [0.29, 0.717) is 10.7 Å². The van der Waals surface area contributed by atoms with Crippen LogP contribution in [-0.4, -0.2) is 21.6 Å². The lowest BCUT2D eigenvalue weighted by Crippen LogP contribution is -2.28. The maximum absolute atomic E-state index is 12.7. The first-order chi connectivity index (χ1) is 12.3.